The zero-order chi connectivity index (χ0) is 14.7. The van der Waals surface area contributed by atoms with Crippen molar-refractivity contribution in [1.29, 1.82) is 0 Å². The number of hydrogen-bond donors (Lipinski definition) is 0. The molecule has 2 aromatic rings. The molecule has 0 saturated carbocycles. The second kappa shape index (κ2) is 6.09. The van der Waals surface area contributed by atoms with Crippen LogP contribution < -0.4 is 0 Å². The van der Waals surface area contributed by atoms with Crippen molar-refractivity contribution in [1.82, 2.24) is 15.1 Å². The minimum Gasteiger partial charge on any atom is -0.411 e. The van der Waals surface area contributed by atoms with Crippen molar-refractivity contribution in [3.05, 3.63) is 29.8 Å². The molecule has 1 aromatic carbocycles. The Morgan fingerprint density at radius 3 is 2.50 bits per heavy atom. The molecule has 1 amide bonds. The Balaban J connectivity index is 2.09. The summed E-state index contributed by atoms with van der Waals surface area (Å²) in [5.41, 5.74) is 2.05. The van der Waals surface area contributed by atoms with Crippen LogP contribution in [0.5, 0.6) is 0 Å². The third-order valence-corrected chi connectivity index (χ3v) is 3.69. The van der Waals surface area contributed by atoms with E-state index in [9.17, 15) is 4.79 Å². The number of aryl methyl sites for hydroxylation is 1. The molecule has 1 atom stereocenters. The van der Waals surface area contributed by atoms with E-state index in [0.29, 0.717) is 11.1 Å². The lowest BCUT2D eigenvalue weighted by Crippen LogP contribution is -2.29. The second-order valence-corrected chi connectivity index (χ2v) is 6.02. The van der Waals surface area contributed by atoms with Gasteiger partial charge in [-0.2, -0.15) is 0 Å². The molecule has 0 aliphatic rings. The number of thioether (sulfide) groups is 1. The second-order valence-electron chi connectivity index (χ2n) is 4.73. The predicted octanol–water partition coefficient (Wildman–Crippen LogP) is 2.61. The molecule has 0 spiro atoms. The predicted molar refractivity (Wildman–Crippen MR) is 78.5 cm³/mol. The van der Waals surface area contributed by atoms with Gasteiger partial charge in [0.25, 0.3) is 5.22 Å². The summed E-state index contributed by atoms with van der Waals surface area (Å²) < 4.78 is 5.58. The lowest BCUT2D eigenvalue weighted by molar-refractivity contribution is -0.127. The SMILES string of the molecule is Cc1ccc(-c2nnc(SC(C)C(=O)N(C)C)o2)cc1. The quantitative estimate of drug-likeness (QED) is 0.810. The fraction of sp³-hybridized carbons (Fsp3) is 0.357. The Morgan fingerprint density at radius 2 is 1.90 bits per heavy atom. The number of hydrogen-bond acceptors (Lipinski definition) is 5. The van der Waals surface area contributed by atoms with Crippen molar-refractivity contribution in [2.75, 3.05) is 14.1 Å². The van der Waals surface area contributed by atoms with Gasteiger partial charge in [-0.1, -0.05) is 29.5 Å². The molecular formula is C14H17N3O2S. The molecule has 1 unspecified atom stereocenters. The molecule has 0 aliphatic heterocycles. The molecule has 20 heavy (non-hydrogen) atoms. The minimum atomic E-state index is -0.253. The van der Waals surface area contributed by atoms with Crippen LogP contribution in [0, 0.1) is 6.92 Å². The highest BCUT2D eigenvalue weighted by Crippen LogP contribution is 2.26. The lowest BCUT2D eigenvalue weighted by Gasteiger charge is -2.14. The highest BCUT2D eigenvalue weighted by Gasteiger charge is 2.19. The van der Waals surface area contributed by atoms with E-state index in [1.54, 1.807) is 19.0 Å². The van der Waals surface area contributed by atoms with Gasteiger partial charge >= 0.3 is 0 Å². The third-order valence-electron chi connectivity index (χ3n) is 2.77. The van der Waals surface area contributed by atoms with E-state index in [1.807, 2.05) is 38.1 Å². The van der Waals surface area contributed by atoms with E-state index in [-0.39, 0.29) is 11.2 Å². The maximum absolute atomic E-state index is 11.8. The number of aromatic nitrogens is 2. The average molecular weight is 291 g/mol. The number of carbonyl (C=O) groups excluding carboxylic acids is 1. The normalized spacial score (nSPS) is 12.2. The van der Waals surface area contributed by atoms with Crippen LogP contribution in [-0.4, -0.2) is 40.3 Å². The van der Waals surface area contributed by atoms with Crippen LogP contribution in [-0.2, 0) is 4.79 Å². The molecule has 0 saturated heterocycles. The Labute approximate surface area is 122 Å². The van der Waals surface area contributed by atoms with Gasteiger partial charge in [-0.05, 0) is 26.0 Å². The zero-order valence-electron chi connectivity index (χ0n) is 12.0. The van der Waals surface area contributed by atoms with Crippen molar-refractivity contribution >= 4 is 17.7 Å². The van der Waals surface area contributed by atoms with Gasteiger partial charge in [0.15, 0.2) is 0 Å². The smallest absolute Gasteiger partial charge is 0.277 e. The van der Waals surface area contributed by atoms with Crippen LogP contribution >= 0.6 is 11.8 Å². The third kappa shape index (κ3) is 3.39. The van der Waals surface area contributed by atoms with Crippen molar-refractivity contribution in [3.8, 4) is 11.5 Å². The van der Waals surface area contributed by atoms with E-state index in [2.05, 4.69) is 10.2 Å². The molecule has 0 radical (unpaired) electrons. The van der Waals surface area contributed by atoms with Gasteiger partial charge in [-0.3, -0.25) is 4.79 Å². The molecule has 1 aromatic heterocycles. The van der Waals surface area contributed by atoms with Gasteiger partial charge in [-0.25, -0.2) is 0 Å². The molecule has 0 aliphatic carbocycles. The minimum absolute atomic E-state index is 0.0186. The van der Waals surface area contributed by atoms with E-state index in [1.165, 1.54) is 17.3 Å². The van der Waals surface area contributed by atoms with Gasteiger partial charge in [0, 0.05) is 19.7 Å². The molecule has 6 heteroatoms. The standard InChI is InChI=1S/C14H17N3O2S/c1-9-5-7-11(8-6-9)12-15-16-14(19-12)20-10(2)13(18)17(3)4/h5-8,10H,1-4H3. The first-order chi connectivity index (χ1) is 9.47. The van der Waals surface area contributed by atoms with Crippen LogP contribution in [0.4, 0.5) is 0 Å². The summed E-state index contributed by atoms with van der Waals surface area (Å²) in [7, 11) is 3.45. The van der Waals surface area contributed by atoms with E-state index < -0.39 is 0 Å². The molecule has 0 N–H and O–H groups in total. The van der Waals surface area contributed by atoms with Crippen LogP contribution in [0.15, 0.2) is 33.9 Å². The summed E-state index contributed by atoms with van der Waals surface area (Å²) >= 11 is 1.27. The highest BCUT2D eigenvalue weighted by molar-refractivity contribution is 8.00. The lowest BCUT2D eigenvalue weighted by atomic mass is 10.1. The van der Waals surface area contributed by atoms with E-state index >= 15 is 0 Å². The Bertz CT molecular complexity index is 593. The van der Waals surface area contributed by atoms with Gasteiger partial charge < -0.3 is 9.32 Å². The average Bonchev–Trinajstić information content (AvgIpc) is 2.87. The van der Waals surface area contributed by atoms with Gasteiger partial charge in [0.1, 0.15) is 0 Å². The van der Waals surface area contributed by atoms with Crippen LogP contribution in [0.25, 0.3) is 11.5 Å². The van der Waals surface area contributed by atoms with E-state index in [4.69, 9.17) is 4.42 Å². The number of carbonyl (C=O) groups is 1. The van der Waals surface area contributed by atoms with Crippen molar-refractivity contribution < 1.29 is 9.21 Å². The molecule has 0 fully saturated rings. The van der Waals surface area contributed by atoms with Crippen molar-refractivity contribution in [2.24, 2.45) is 0 Å². The number of amides is 1. The maximum Gasteiger partial charge on any atom is 0.277 e. The van der Waals surface area contributed by atoms with Crippen molar-refractivity contribution in [2.45, 2.75) is 24.3 Å². The fourth-order valence-electron chi connectivity index (χ4n) is 1.64. The largest absolute Gasteiger partial charge is 0.411 e. The first kappa shape index (κ1) is 14.6. The van der Waals surface area contributed by atoms with Gasteiger partial charge in [0.05, 0.1) is 5.25 Å². The molecule has 0 bridgehead atoms. The molecular weight excluding hydrogens is 274 g/mol. The van der Waals surface area contributed by atoms with Gasteiger partial charge in [0.2, 0.25) is 11.8 Å². The number of benzene rings is 1. The number of rotatable bonds is 4. The molecule has 5 nitrogen and oxygen atoms in total. The first-order valence-corrected chi connectivity index (χ1v) is 7.13. The Hall–Kier alpha value is -1.82. The molecule has 1 heterocycles. The van der Waals surface area contributed by atoms with Crippen LogP contribution in [0.1, 0.15) is 12.5 Å². The fourth-order valence-corrected chi connectivity index (χ4v) is 2.46. The summed E-state index contributed by atoms with van der Waals surface area (Å²) in [6.45, 7) is 3.84. The molecule has 2 rings (SSSR count). The molecule has 106 valence electrons. The summed E-state index contributed by atoms with van der Waals surface area (Å²) in [6.07, 6.45) is 0. The Kier molecular flexibility index (Phi) is 4.44. The van der Waals surface area contributed by atoms with Crippen LogP contribution in [0.2, 0.25) is 0 Å². The monoisotopic (exact) mass is 291 g/mol. The van der Waals surface area contributed by atoms with E-state index in [0.717, 1.165) is 5.56 Å². The van der Waals surface area contributed by atoms with Crippen molar-refractivity contribution in [3.63, 3.8) is 0 Å². The zero-order valence-corrected chi connectivity index (χ0v) is 12.8. The maximum atomic E-state index is 11.8. The Morgan fingerprint density at radius 1 is 1.25 bits per heavy atom. The first-order valence-electron chi connectivity index (χ1n) is 6.25. The van der Waals surface area contributed by atoms with Crippen LogP contribution in [0.3, 0.4) is 0 Å². The number of nitrogens with zero attached hydrogens (tertiary/aromatic N) is 3. The topological polar surface area (TPSA) is 59.2 Å². The summed E-state index contributed by atoms with van der Waals surface area (Å²) in [5.74, 6) is 0.488. The summed E-state index contributed by atoms with van der Waals surface area (Å²) in [5, 5.41) is 8.14. The summed E-state index contributed by atoms with van der Waals surface area (Å²) in [4.78, 5) is 13.3. The highest BCUT2D eigenvalue weighted by atomic mass is 32.2. The summed E-state index contributed by atoms with van der Waals surface area (Å²) in [6, 6.07) is 7.85. The van der Waals surface area contributed by atoms with Gasteiger partial charge in [-0.15, -0.1) is 10.2 Å².